The highest BCUT2D eigenvalue weighted by molar-refractivity contribution is 7.80. The molecule has 0 aromatic carbocycles. The van der Waals surface area contributed by atoms with E-state index >= 15 is 0 Å². The smallest absolute Gasteiger partial charge is 0.394 e. The normalized spacial score (nSPS) is 22.5. The maximum atomic E-state index is 12.9. The molecule has 0 aromatic heterocycles. The van der Waals surface area contributed by atoms with Crippen molar-refractivity contribution < 1.29 is 51.8 Å². The molecule has 300 valence electrons. The largest absolute Gasteiger partial charge is 0.397 e. The summed E-state index contributed by atoms with van der Waals surface area (Å²) in [5.41, 5.74) is 0. The minimum absolute atomic E-state index is 0.254. The molecule has 1 rings (SSSR count). The summed E-state index contributed by atoms with van der Waals surface area (Å²) in [6.45, 7) is 3.29. The van der Waals surface area contributed by atoms with Crippen LogP contribution in [0.4, 0.5) is 0 Å². The van der Waals surface area contributed by atoms with E-state index in [4.69, 9.17) is 14.0 Å². The molecule has 1 aliphatic heterocycles. The van der Waals surface area contributed by atoms with Crippen LogP contribution >= 0.6 is 0 Å². The number of carbonyl (C=O) groups excluding carboxylic acids is 1. The molecule has 1 aliphatic rings. The first-order chi connectivity index (χ1) is 24.5. The Kier molecular flexibility index (Phi) is 28.0. The highest BCUT2D eigenvalue weighted by Crippen LogP contribution is 2.26. The summed E-state index contributed by atoms with van der Waals surface area (Å²) in [6, 6.07) is -0.944. The van der Waals surface area contributed by atoms with Crippen molar-refractivity contribution in [3.8, 4) is 0 Å². The number of hydrogen-bond acceptors (Lipinski definition) is 10. The Balaban J connectivity index is 2.64. The number of carbonyl (C=O) groups is 1. The number of nitrogens with one attached hydrogen (secondary N) is 1. The number of allylic oxidation sites excluding steroid dienone is 3. The lowest BCUT2D eigenvalue weighted by molar-refractivity contribution is -0.298. The van der Waals surface area contributed by atoms with Crippen LogP contribution in [0.15, 0.2) is 24.3 Å². The Bertz CT molecular complexity index is 1030. The van der Waals surface area contributed by atoms with Gasteiger partial charge >= 0.3 is 10.4 Å². The van der Waals surface area contributed by atoms with Gasteiger partial charge in [0.2, 0.25) is 5.91 Å². The molecule has 7 atom stereocenters. The summed E-state index contributed by atoms with van der Waals surface area (Å²) in [4.78, 5) is 12.9. The third-order valence-corrected chi connectivity index (χ3v) is 9.69. The molecule has 1 fully saturated rings. The van der Waals surface area contributed by atoms with Crippen LogP contribution in [0.5, 0.6) is 0 Å². The molecule has 6 N–H and O–H groups in total. The molecule has 12 nitrogen and oxygen atoms in total. The summed E-state index contributed by atoms with van der Waals surface area (Å²) in [5.74, 6) is -0.280. The number of unbranched alkanes of at least 4 members (excludes halogenated alkanes) is 18. The molecule has 13 heteroatoms. The van der Waals surface area contributed by atoms with Gasteiger partial charge in [-0.15, -0.1) is 0 Å². The van der Waals surface area contributed by atoms with Crippen LogP contribution in [-0.4, -0.2) is 95.4 Å². The van der Waals surface area contributed by atoms with E-state index in [0.29, 0.717) is 6.42 Å². The van der Waals surface area contributed by atoms with Crippen LogP contribution < -0.4 is 5.32 Å². The van der Waals surface area contributed by atoms with Gasteiger partial charge in [0.15, 0.2) is 6.29 Å². The molecule has 7 unspecified atom stereocenters. The highest BCUT2D eigenvalue weighted by Gasteiger charge is 2.48. The zero-order valence-electron chi connectivity index (χ0n) is 31.4. The van der Waals surface area contributed by atoms with Crippen molar-refractivity contribution in [1.29, 1.82) is 0 Å². The first kappa shape index (κ1) is 47.6. The second-order valence-electron chi connectivity index (χ2n) is 13.9. The molecular formula is C38H71NO11S. The topological polar surface area (TPSA) is 192 Å². The summed E-state index contributed by atoms with van der Waals surface area (Å²) in [5, 5.41) is 44.4. The van der Waals surface area contributed by atoms with E-state index in [-0.39, 0.29) is 18.9 Å². The number of amides is 1. The van der Waals surface area contributed by atoms with Crippen LogP contribution in [0.3, 0.4) is 0 Å². The fourth-order valence-electron chi connectivity index (χ4n) is 6.08. The van der Waals surface area contributed by atoms with Gasteiger partial charge in [-0.1, -0.05) is 134 Å². The Hall–Kier alpha value is -1.42. The zero-order valence-corrected chi connectivity index (χ0v) is 32.2. The summed E-state index contributed by atoms with van der Waals surface area (Å²) >= 11 is 0. The van der Waals surface area contributed by atoms with Crippen LogP contribution in [0.1, 0.15) is 155 Å². The lowest BCUT2D eigenvalue weighted by Gasteiger charge is -2.41. The summed E-state index contributed by atoms with van der Waals surface area (Å²) in [6.07, 6.45) is 22.3. The maximum absolute atomic E-state index is 12.9. The van der Waals surface area contributed by atoms with Crippen molar-refractivity contribution in [3.63, 3.8) is 0 Å². The summed E-state index contributed by atoms with van der Waals surface area (Å²) < 4.78 is 47.3. The van der Waals surface area contributed by atoms with E-state index in [1.807, 2.05) is 6.08 Å². The molecule has 1 heterocycles. The van der Waals surface area contributed by atoms with Crippen molar-refractivity contribution in [2.75, 3.05) is 13.2 Å². The van der Waals surface area contributed by atoms with Crippen LogP contribution in [-0.2, 0) is 28.9 Å². The minimum Gasteiger partial charge on any atom is -0.394 e. The van der Waals surface area contributed by atoms with Gasteiger partial charge in [-0.05, 0) is 38.5 Å². The highest BCUT2D eigenvalue weighted by atomic mass is 32.3. The van der Waals surface area contributed by atoms with E-state index in [9.17, 15) is 33.6 Å². The predicted octanol–water partition coefficient (Wildman–Crippen LogP) is 6.21. The number of ether oxygens (including phenoxy) is 2. The average molecular weight is 750 g/mol. The first-order valence-corrected chi connectivity index (χ1v) is 21.1. The fourth-order valence-corrected chi connectivity index (χ4v) is 6.59. The van der Waals surface area contributed by atoms with Gasteiger partial charge in [0, 0.05) is 6.42 Å². The van der Waals surface area contributed by atoms with Gasteiger partial charge in [0.05, 0.1) is 25.4 Å². The van der Waals surface area contributed by atoms with Gasteiger partial charge in [-0.3, -0.25) is 9.35 Å². The molecule has 0 saturated carbocycles. The van der Waals surface area contributed by atoms with Crippen molar-refractivity contribution >= 4 is 16.3 Å². The predicted molar refractivity (Wildman–Crippen MR) is 199 cm³/mol. The zero-order chi connectivity index (χ0) is 37.7. The third-order valence-electron chi connectivity index (χ3n) is 9.23. The SMILES string of the molecule is CCCC/C=C\CCCCCCC(=O)NC(COC1OC(CO)C(O)C(OS(=O)(=O)O)C1O)C(O)/C=C/CCCCCCCCCCCCCC. The monoisotopic (exact) mass is 749 g/mol. The van der Waals surface area contributed by atoms with E-state index in [2.05, 4.69) is 35.5 Å². The van der Waals surface area contributed by atoms with Gasteiger partial charge in [0.1, 0.15) is 24.4 Å². The quantitative estimate of drug-likeness (QED) is 0.0260. The Morgan fingerprint density at radius 2 is 1.27 bits per heavy atom. The lowest BCUT2D eigenvalue weighted by Crippen LogP contribution is -2.61. The molecule has 0 bridgehead atoms. The summed E-state index contributed by atoms with van der Waals surface area (Å²) in [7, 11) is -5.08. The molecule has 51 heavy (non-hydrogen) atoms. The van der Waals surface area contributed by atoms with Crippen LogP contribution in [0.2, 0.25) is 0 Å². The lowest BCUT2D eigenvalue weighted by atomic mass is 9.99. The van der Waals surface area contributed by atoms with Crippen molar-refractivity contribution in [2.45, 2.75) is 198 Å². The molecule has 0 radical (unpaired) electrons. The molecule has 0 aliphatic carbocycles. The number of aliphatic hydroxyl groups excluding tert-OH is 4. The van der Waals surface area contributed by atoms with Crippen LogP contribution in [0.25, 0.3) is 0 Å². The number of hydrogen-bond donors (Lipinski definition) is 6. The van der Waals surface area contributed by atoms with Crippen LogP contribution in [0, 0.1) is 0 Å². The minimum atomic E-state index is -5.08. The molecule has 1 amide bonds. The Morgan fingerprint density at radius 3 is 1.82 bits per heavy atom. The third kappa shape index (κ3) is 23.8. The second kappa shape index (κ2) is 30.0. The standard InChI is InChI=1S/C38H71NO11S/c1-3-5-7-9-11-13-15-16-17-18-19-21-23-25-27-32(41)31(39-34(42)28-26-24-22-20-14-12-10-8-6-4-2)30-48-38-36(44)37(50-51(45,46)47)35(43)33(29-40)49-38/h10,12,25,27,31-33,35-38,40-41,43-44H,3-9,11,13-24,26,28-30H2,1-2H3,(H,39,42)(H,45,46,47)/b12-10-,27-25+. The fraction of sp³-hybridized carbons (Fsp3) is 0.868. The van der Waals surface area contributed by atoms with Gasteiger partial charge in [-0.2, -0.15) is 8.42 Å². The van der Waals surface area contributed by atoms with Gasteiger partial charge in [0.25, 0.3) is 0 Å². The second-order valence-corrected chi connectivity index (χ2v) is 14.9. The number of aliphatic hydroxyl groups is 4. The van der Waals surface area contributed by atoms with Gasteiger partial charge < -0.3 is 35.2 Å². The Morgan fingerprint density at radius 1 is 0.765 bits per heavy atom. The number of rotatable bonds is 32. The molecule has 0 spiro atoms. The first-order valence-electron chi connectivity index (χ1n) is 19.7. The van der Waals surface area contributed by atoms with Crippen molar-refractivity contribution in [2.24, 2.45) is 0 Å². The molecule has 1 saturated heterocycles. The van der Waals surface area contributed by atoms with Gasteiger partial charge in [-0.25, -0.2) is 4.18 Å². The van der Waals surface area contributed by atoms with E-state index < -0.39 is 59.9 Å². The molecule has 0 aromatic rings. The average Bonchev–Trinajstić information content (AvgIpc) is 3.09. The van der Waals surface area contributed by atoms with E-state index in [1.165, 1.54) is 77.0 Å². The van der Waals surface area contributed by atoms with E-state index in [1.54, 1.807) is 6.08 Å². The van der Waals surface area contributed by atoms with E-state index in [0.717, 1.165) is 51.4 Å². The molecular weight excluding hydrogens is 678 g/mol. The Labute approximate surface area is 308 Å². The van der Waals surface area contributed by atoms with Crippen molar-refractivity contribution in [3.05, 3.63) is 24.3 Å². The maximum Gasteiger partial charge on any atom is 0.397 e. The van der Waals surface area contributed by atoms with Crippen molar-refractivity contribution in [1.82, 2.24) is 5.32 Å².